The second-order valence-electron chi connectivity index (χ2n) is 5.26. The third kappa shape index (κ3) is 2.19. The van der Waals surface area contributed by atoms with Gasteiger partial charge in [0, 0.05) is 10.9 Å². The number of carbonyl (C=O) groups excluding carboxylic acids is 1. The van der Waals surface area contributed by atoms with Gasteiger partial charge in [0.15, 0.2) is 0 Å². The van der Waals surface area contributed by atoms with Crippen molar-refractivity contribution in [3.05, 3.63) is 23.2 Å². The van der Waals surface area contributed by atoms with E-state index >= 15 is 0 Å². The van der Waals surface area contributed by atoms with Crippen molar-refractivity contribution in [2.75, 3.05) is 12.4 Å². The smallest absolute Gasteiger partial charge is 0.227 e. The Morgan fingerprint density at radius 1 is 1.33 bits per heavy atom. The Hall–Kier alpha value is -1.22. The molecule has 0 spiro atoms. The Morgan fingerprint density at radius 2 is 2.06 bits per heavy atom. The molecule has 2 atom stereocenters. The van der Waals surface area contributed by atoms with Gasteiger partial charge in [0.25, 0.3) is 0 Å². The summed E-state index contributed by atoms with van der Waals surface area (Å²) >= 11 is 5.94. The van der Waals surface area contributed by atoms with Gasteiger partial charge in [-0.2, -0.15) is 0 Å². The Kier molecular flexibility index (Phi) is 2.94. The van der Waals surface area contributed by atoms with E-state index in [1.165, 1.54) is 6.42 Å². The standard InChI is InChI=1S/C14H16ClNO2/c1-18-13-3-2-11(15)7-12(13)16-14(17)10-5-8-4-9(8)6-10/h2-3,7-10H,4-6H2,1H3,(H,16,17). The molecule has 96 valence electrons. The fraction of sp³-hybridized carbons (Fsp3) is 0.500. The van der Waals surface area contributed by atoms with E-state index in [1.807, 2.05) is 0 Å². The van der Waals surface area contributed by atoms with Crippen LogP contribution in [0.1, 0.15) is 19.3 Å². The van der Waals surface area contributed by atoms with E-state index in [2.05, 4.69) is 5.32 Å². The number of hydrogen-bond donors (Lipinski definition) is 1. The summed E-state index contributed by atoms with van der Waals surface area (Å²) in [5, 5.41) is 3.53. The van der Waals surface area contributed by atoms with Crippen molar-refractivity contribution < 1.29 is 9.53 Å². The number of fused-ring (bicyclic) bond motifs is 1. The molecular weight excluding hydrogens is 250 g/mol. The molecule has 1 N–H and O–H groups in total. The Bertz CT molecular complexity index is 479. The molecule has 4 heteroatoms. The second kappa shape index (κ2) is 4.47. The zero-order valence-electron chi connectivity index (χ0n) is 10.3. The van der Waals surface area contributed by atoms with Crippen LogP contribution in [0, 0.1) is 17.8 Å². The van der Waals surface area contributed by atoms with E-state index < -0.39 is 0 Å². The second-order valence-corrected chi connectivity index (χ2v) is 5.69. The molecule has 3 rings (SSSR count). The first-order chi connectivity index (χ1) is 8.67. The summed E-state index contributed by atoms with van der Waals surface area (Å²) in [5.41, 5.74) is 0.663. The molecule has 18 heavy (non-hydrogen) atoms. The molecule has 0 radical (unpaired) electrons. The first kappa shape index (κ1) is 11.8. The summed E-state index contributed by atoms with van der Waals surface area (Å²) in [6.45, 7) is 0. The highest BCUT2D eigenvalue weighted by molar-refractivity contribution is 6.31. The van der Waals surface area contributed by atoms with Gasteiger partial charge in [-0.3, -0.25) is 4.79 Å². The SMILES string of the molecule is COc1ccc(Cl)cc1NC(=O)C1CC2CC2C1. The van der Waals surface area contributed by atoms with Crippen molar-refractivity contribution in [1.29, 1.82) is 0 Å². The van der Waals surface area contributed by atoms with Crippen molar-refractivity contribution in [2.45, 2.75) is 19.3 Å². The van der Waals surface area contributed by atoms with Crippen LogP contribution in [0.3, 0.4) is 0 Å². The molecule has 0 aliphatic heterocycles. The summed E-state index contributed by atoms with van der Waals surface area (Å²) in [6.07, 6.45) is 3.41. The molecule has 0 bridgehead atoms. The number of anilines is 1. The zero-order chi connectivity index (χ0) is 12.7. The summed E-state index contributed by atoms with van der Waals surface area (Å²) in [4.78, 5) is 12.2. The normalized spacial score (nSPS) is 28.7. The summed E-state index contributed by atoms with van der Waals surface area (Å²) < 4.78 is 5.22. The third-order valence-corrected chi connectivity index (χ3v) is 4.27. The van der Waals surface area contributed by atoms with Crippen LogP contribution in [-0.4, -0.2) is 13.0 Å². The molecule has 3 nitrogen and oxygen atoms in total. The van der Waals surface area contributed by atoms with Crippen LogP contribution in [0.5, 0.6) is 5.75 Å². The molecule has 0 heterocycles. The number of hydrogen-bond acceptors (Lipinski definition) is 2. The van der Waals surface area contributed by atoms with Crippen LogP contribution >= 0.6 is 11.6 Å². The van der Waals surface area contributed by atoms with Gasteiger partial charge in [0.1, 0.15) is 5.75 Å². The van der Waals surface area contributed by atoms with Crippen molar-refractivity contribution in [1.82, 2.24) is 0 Å². The molecule has 0 saturated heterocycles. The Morgan fingerprint density at radius 3 is 2.72 bits per heavy atom. The van der Waals surface area contributed by atoms with E-state index in [9.17, 15) is 4.79 Å². The monoisotopic (exact) mass is 265 g/mol. The average Bonchev–Trinajstić information content (AvgIpc) is 2.96. The van der Waals surface area contributed by atoms with Gasteiger partial charge < -0.3 is 10.1 Å². The van der Waals surface area contributed by atoms with Crippen molar-refractivity contribution in [3.8, 4) is 5.75 Å². The molecule has 2 aliphatic carbocycles. The molecule has 0 aromatic heterocycles. The van der Waals surface area contributed by atoms with Gasteiger partial charge in [-0.1, -0.05) is 11.6 Å². The zero-order valence-corrected chi connectivity index (χ0v) is 11.0. The number of benzene rings is 1. The number of carbonyl (C=O) groups is 1. The summed E-state index contributed by atoms with van der Waals surface area (Å²) in [6, 6.07) is 5.25. The summed E-state index contributed by atoms with van der Waals surface area (Å²) in [7, 11) is 1.59. The van der Waals surface area contributed by atoms with Gasteiger partial charge in [-0.15, -0.1) is 0 Å². The van der Waals surface area contributed by atoms with Crippen LogP contribution in [0.2, 0.25) is 5.02 Å². The number of ether oxygens (including phenoxy) is 1. The van der Waals surface area contributed by atoms with Crippen LogP contribution in [-0.2, 0) is 4.79 Å². The maximum atomic E-state index is 12.2. The van der Waals surface area contributed by atoms with Crippen LogP contribution < -0.4 is 10.1 Å². The van der Waals surface area contributed by atoms with E-state index in [1.54, 1.807) is 25.3 Å². The van der Waals surface area contributed by atoms with Crippen LogP contribution in [0.15, 0.2) is 18.2 Å². The topological polar surface area (TPSA) is 38.3 Å². The highest BCUT2D eigenvalue weighted by atomic mass is 35.5. The van der Waals surface area contributed by atoms with Gasteiger partial charge in [0.05, 0.1) is 12.8 Å². The fourth-order valence-corrected chi connectivity index (χ4v) is 3.11. The Balaban J connectivity index is 1.71. The number of amides is 1. The van der Waals surface area contributed by atoms with Gasteiger partial charge in [-0.05, 0) is 49.3 Å². The lowest BCUT2D eigenvalue weighted by atomic mass is 10.0. The van der Waals surface area contributed by atoms with Gasteiger partial charge in [-0.25, -0.2) is 0 Å². The van der Waals surface area contributed by atoms with Crippen molar-refractivity contribution in [3.63, 3.8) is 0 Å². The largest absolute Gasteiger partial charge is 0.495 e. The minimum atomic E-state index is 0.0998. The molecule has 2 fully saturated rings. The summed E-state index contributed by atoms with van der Waals surface area (Å²) in [5.74, 6) is 2.53. The fourth-order valence-electron chi connectivity index (χ4n) is 2.94. The third-order valence-electron chi connectivity index (χ3n) is 4.03. The Labute approximate surface area is 111 Å². The quantitative estimate of drug-likeness (QED) is 0.910. The number of halogens is 1. The lowest BCUT2D eigenvalue weighted by Gasteiger charge is -2.14. The lowest BCUT2D eigenvalue weighted by Crippen LogP contribution is -2.21. The van der Waals surface area contributed by atoms with Crippen molar-refractivity contribution in [2.24, 2.45) is 17.8 Å². The molecule has 2 saturated carbocycles. The lowest BCUT2D eigenvalue weighted by molar-refractivity contribution is -0.120. The van der Waals surface area contributed by atoms with Crippen molar-refractivity contribution >= 4 is 23.2 Å². The first-order valence-corrected chi connectivity index (χ1v) is 6.69. The minimum absolute atomic E-state index is 0.0998. The van der Waals surface area contributed by atoms with Crippen LogP contribution in [0.4, 0.5) is 5.69 Å². The van der Waals surface area contributed by atoms with Gasteiger partial charge >= 0.3 is 0 Å². The minimum Gasteiger partial charge on any atom is -0.495 e. The molecule has 1 amide bonds. The molecule has 2 aliphatic rings. The van der Waals surface area contributed by atoms with Gasteiger partial charge in [0.2, 0.25) is 5.91 Å². The maximum Gasteiger partial charge on any atom is 0.227 e. The highest BCUT2D eigenvalue weighted by Gasteiger charge is 2.48. The van der Waals surface area contributed by atoms with E-state index in [0.29, 0.717) is 16.5 Å². The molecular formula is C14H16ClNO2. The molecule has 2 unspecified atom stereocenters. The van der Waals surface area contributed by atoms with Crippen LogP contribution in [0.25, 0.3) is 0 Å². The maximum absolute atomic E-state index is 12.2. The number of methoxy groups -OCH3 is 1. The predicted molar refractivity (Wildman–Crippen MR) is 71.0 cm³/mol. The highest BCUT2D eigenvalue weighted by Crippen LogP contribution is 2.54. The number of rotatable bonds is 3. The van der Waals surface area contributed by atoms with E-state index in [4.69, 9.17) is 16.3 Å². The molecule has 1 aromatic carbocycles. The average molecular weight is 266 g/mol. The van der Waals surface area contributed by atoms with E-state index in [0.717, 1.165) is 24.7 Å². The molecule has 1 aromatic rings. The first-order valence-electron chi connectivity index (χ1n) is 6.32. The predicted octanol–water partition coefficient (Wildman–Crippen LogP) is 3.33. The van der Waals surface area contributed by atoms with E-state index in [-0.39, 0.29) is 11.8 Å². The number of nitrogens with one attached hydrogen (secondary N) is 1.